The van der Waals surface area contributed by atoms with Gasteiger partial charge in [0.25, 0.3) is 0 Å². The lowest BCUT2D eigenvalue weighted by atomic mass is 10.0. The second-order valence-electron chi connectivity index (χ2n) is 8.86. The first-order valence-electron chi connectivity index (χ1n) is 12.1. The zero-order chi connectivity index (χ0) is 26.5. The van der Waals surface area contributed by atoms with Gasteiger partial charge in [-0.05, 0) is 43.9 Å². The zero-order valence-corrected chi connectivity index (χ0v) is 21.6. The van der Waals surface area contributed by atoms with E-state index >= 15 is 0 Å². The summed E-state index contributed by atoms with van der Waals surface area (Å²) in [6.07, 6.45) is 2.48. The van der Waals surface area contributed by atoms with Gasteiger partial charge >= 0.3 is 23.9 Å². The summed E-state index contributed by atoms with van der Waals surface area (Å²) in [6.45, 7) is 10.3. The summed E-state index contributed by atoms with van der Waals surface area (Å²) in [5.74, 6) is -2.41. The lowest BCUT2D eigenvalue weighted by molar-refractivity contribution is -0.157. The molecule has 0 amide bonds. The van der Waals surface area contributed by atoms with Crippen molar-refractivity contribution in [2.45, 2.75) is 85.8 Å². The smallest absolute Gasteiger partial charge is 0.323 e. The minimum atomic E-state index is -1.000. The maximum Gasteiger partial charge on any atom is 0.323 e. The first kappa shape index (κ1) is 30.1. The molecule has 9 heteroatoms. The van der Waals surface area contributed by atoms with Gasteiger partial charge in [-0.1, -0.05) is 46.6 Å². The molecule has 4 atom stereocenters. The van der Waals surface area contributed by atoms with Crippen LogP contribution < -0.4 is 15.2 Å². The monoisotopic (exact) mass is 493 g/mol. The molecule has 0 heterocycles. The number of ether oxygens (including phenoxy) is 4. The van der Waals surface area contributed by atoms with Crippen molar-refractivity contribution in [3.8, 4) is 11.5 Å². The van der Waals surface area contributed by atoms with Crippen molar-refractivity contribution in [1.82, 2.24) is 0 Å². The van der Waals surface area contributed by atoms with E-state index in [9.17, 15) is 19.2 Å². The van der Waals surface area contributed by atoms with Crippen molar-refractivity contribution in [2.24, 2.45) is 17.6 Å². The molecule has 35 heavy (non-hydrogen) atoms. The fraction of sp³-hybridized carbons (Fsp3) is 0.615. The maximum atomic E-state index is 12.5. The van der Waals surface area contributed by atoms with Crippen molar-refractivity contribution >= 4 is 23.9 Å². The quantitative estimate of drug-likeness (QED) is 0.304. The maximum absolute atomic E-state index is 12.5. The normalized spacial score (nSPS) is 14.3. The average molecular weight is 494 g/mol. The van der Waals surface area contributed by atoms with Gasteiger partial charge in [-0.25, -0.2) is 0 Å². The molecule has 196 valence electrons. The van der Waals surface area contributed by atoms with E-state index in [1.807, 2.05) is 13.8 Å². The van der Waals surface area contributed by atoms with E-state index in [-0.39, 0.29) is 36.4 Å². The van der Waals surface area contributed by atoms with Crippen molar-refractivity contribution in [3.05, 3.63) is 23.8 Å². The summed E-state index contributed by atoms with van der Waals surface area (Å²) < 4.78 is 21.1. The van der Waals surface area contributed by atoms with Gasteiger partial charge in [-0.15, -0.1) is 0 Å². The third kappa shape index (κ3) is 10.9. The van der Waals surface area contributed by atoms with Crippen molar-refractivity contribution < 1.29 is 38.1 Å². The number of carbonyl (C=O) groups is 4. The molecule has 0 radical (unpaired) electrons. The topological polar surface area (TPSA) is 131 Å². The van der Waals surface area contributed by atoms with E-state index in [1.165, 1.54) is 19.1 Å². The van der Waals surface area contributed by atoms with Crippen LogP contribution in [0.1, 0.15) is 72.8 Å². The number of rotatable bonds is 14. The molecular formula is C26H39NO8. The summed E-state index contributed by atoms with van der Waals surface area (Å²) in [5.41, 5.74) is 6.58. The van der Waals surface area contributed by atoms with Crippen LogP contribution in [0.4, 0.5) is 0 Å². The van der Waals surface area contributed by atoms with Crippen LogP contribution >= 0.6 is 0 Å². The van der Waals surface area contributed by atoms with Gasteiger partial charge in [0.05, 0.1) is 11.8 Å². The van der Waals surface area contributed by atoms with Crippen LogP contribution in [0.15, 0.2) is 18.2 Å². The largest absolute Gasteiger partial charge is 0.461 e. The van der Waals surface area contributed by atoms with E-state index in [1.54, 1.807) is 26.8 Å². The molecule has 1 aromatic rings. The molecule has 0 saturated heterocycles. The minimum Gasteiger partial charge on any atom is -0.461 e. The van der Waals surface area contributed by atoms with Gasteiger partial charge in [-0.2, -0.15) is 0 Å². The molecule has 1 rings (SSSR count). The number of hydrogen-bond donors (Lipinski definition) is 1. The van der Waals surface area contributed by atoms with Gasteiger partial charge in [0.1, 0.15) is 18.8 Å². The predicted octanol–water partition coefficient (Wildman–Crippen LogP) is 3.73. The highest BCUT2D eigenvalue weighted by Crippen LogP contribution is 2.31. The molecule has 9 nitrogen and oxygen atoms in total. The summed E-state index contributed by atoms with van der Waals surface area (Å²) in [7, 11) is 0. The third-order valence-electron chi connectivity index (χ3n) is 5.26. The van der Waals surface area contributed by atoms with Crippen LogP contribution in [-0.4, -0.2) is 42.6 Å². The highest BCUT2D eigenvalue weighted by Gasteiger charge is 2.23. The molecule has 0 aliphatic heterocycles. The van der Waals surface area contributed by atoms with Gasteiger partial charge in [0, 0.05) is 6.92 Å². The summed E-state index contributed by atoms with van der Waals surface area (Å²) in [6, 6.07) is 3.72. The second kappa shape index (κ2) is 15.1. The van der Waals surface area contributed by atoms with E-state index in [4.69, 9.17) is 24.7 Å². The van der Waals surface area contributed by atoms with Crippen molar-refractivity contribution in [1.29, 1.82) is 0 Å². The lowest BCUT2D eigenvalue weighted by Gasteiger charge is -2.17. The van der Waals surface area contributed by atoms with E-state index in [2.05, 4.69) is 0 Å². The van der Waals surface area contributed by atoms with Crippen LogP contribution in [-0.2, 0) is 35.1 Å². The molecule has 0 saturated carbocycles. The molecule has 2 N–H and O–H groups in total. The van der Waals surface area contributed by atoms with E-state index < -0.39 is 36.0 Å². The Morgan fingerprint density at radius 2 is 1.40 bits per heavy atom. The van der Waals surface area contributed by atoms with Crippen LogP contribution in [0.2, 0.25) is 0 Å². The highest BCUT2D eigenvalue weighted by atomic mass is 16.6. The van der Waals surface area contributed by atoms with Crippen LogP contribution in [0.5, 0.6) is 11.5 Å². The molecule has 1 aromatic carbocycles. The van der Waals surface area contributed by atoms with E-state index in [0.717, 1.165) is 12.8 Å². The highest BCUT2D eigenvalue weighted by molar-refractivity contribution is 5.79. The fourth-order valence-corrected chi connectivity index (χ4v) is 3.32. The van der Waals surface area contributed by atoms with Crippen LogP contribution in [0.3, 0.4) is 0 Å². The number of nitrogens with two attached hydrogens (primary N) is 1. The fourth-order valence-electron chi connectivity index (χ4n) is 3.32. The molecule has 2 unspecified atom stereocenters. The molecule has 0 spiro atoms. The number of benzene rings is 1. The Bertz CT molecular complexity index is 869. The number of esters is 4. The molecule has 0 fully saturated rings. The Morgan fingerprint density at radius 3 is 1.91 bits per heavy atom. The minimum absolute atomic E-state index is 0.0936. The zero-order valence-electron chi connectivity index (χ0n) is 21.6. The third-order valence-corrected chi connectivity index (χ3v) is 5.26. The summed E-state index contributed by atoms with van der Waals surface area (Å²) in [5, 5.41) is 0. The first-order valence-corrected chi connectivity index (χ1v) is 12.1. The molecule has 0 aliphatic carbocycles. The number of carbonyl (C=O) groups excluding carboxylic acids is 4. The van der Waals surface area contributed by atoms with Gasteiger partial charge in [0.15, 0.2) is 11.5 Å². The molecule has 0 aliphatic rings. The van der Waals surface area contributed by atoms with Crippen molar-refractivity contribution in [2.75, 3.05) is 6.61 Å². The van der Waals surface area contributed by atoms with E-state index in [0.29, 0.717) is 18.4 Å². The Hall–Kier alpha value is -2.94. The van der Waals surface area contributed by atoms with Gasteiger partial charge in [0.2, 0.25) is 0 Å². The lowest BCUT2D eigenvalue weighted by Crippen LogP contribution is -2.36. The summed E-state index contributed by atoms with van der Waals surface area (Å²) >= 11 is 0. The number of hydrogen-bond acceptors (Lipinski definition) is 9. The van der Waals surface area contributed by atoms with Gasteiger partial charge < -0.3 is 24.7 Å². The average Bonchev–Trinajstić information content (AvgIpc) is 2.78. The molecule has 0 bridgehead atoms. The van der Waals surface area contributed by atoms with Crippen LogP contribution in [0.25, 0.3) is 0 Å². The van der Waals surface area contributed by atoms with Crippen LogP contribution in [0, 0.1) is 11.8 Å². The predicted molar refractivity (Wildman–Crippen MR) is 130 cm³/mol. The standard InChI is InChI=1S/C26H39NO8/c1-7-9-16(3)24(29)34-22-12-11-20(14-23(22)35-25(30)17(4)10-8-2)13-21(27)26(31)32-15-18(5)33-19(6)28/h11-12,14,16-18,21H,7-10,13,15,27H2,1-6H3/t16?,17?,18-,21-/m0/s1. The van der Waals surface area contributed by atoms with Crippen molar-refractivity contribution in [3.63, 3.8) is 0 Å². The first-order chi connectivity index (χ1) is 16.5. The second-order valence-corrected chi connectivity index (χ2v) is 8.86. The van der Waals surface area contributed by atoms with Gasteiger partial charge in [-0.3, -0.25) is 19.2 Å². The Balaban J connectivity index is 2.99. The Morgan fingerprint density at radius 1 is 0.857 bits per heavy atom. The molecular weight excluding hydrogens is 454 g/mol. The Labute approximate surface area is 207 Å². The summed E-state index contributed by atoms with van der Waals surface area (Å²) in [4.78, 5) is 48.2. The SMILES string of the molecule is CCCC(C)C(=O)Oc1ccc(C[C@H](N)C(=O)OC[C@H](C)OC(C)=O)cc1OC(=O)C(C)CCC. The molecule has 0 aromatic heterocycles. The Kier molecular flexibility index (Phi) is 13.0.